The van der Waals surface area contributed by atoms with E-state index in [0.29, 0.717) is 34.4 Å². The van der Waals surface area contributed by atoms with Crippen molar-refractivity contribution in [3.63, 3.8) is 0 Å². The average molecular weight is 760 g/mol. The van der Waals surface area contributed by atoms with Crippen molar-refractivity contribution in [2.24, 2.45) is 0 Å². The Bertz CT molecular complexity index is 2270. The highest BCUT2D eigenvalue weighted by molar-refractivity contribution is 5.79. The van der Waals surface area contributed by atoms with Crippen LogP contribution in [0.4, 0.5) is 41.5 Å². The lowest BCUT2D eigenvalue weighted by Crippen LogP contribution is -2.49. The van der Waals surface area contributed by atoms with Crippen molar-refractivity contribution in [3.05, 3.63) is 93.4 Å². The van der Waals surface area contributed by atoms with Gasteiger partial charge in [-0.1, -0.05) is 6.07 Å². The zero-order valence-corrected chi connectivity index (χ0v) is 28.4. The molecule has 7 rings (SSSR count). The van der Waals surface area contributed by atoms with Crippen LogP contribution in [-0.2, 0) is 23.6 Å². The van der Waals surface area contributed by atoms with E-state index >= 15 is 0 Å². The molecule has 1 amide bonds. The van der Waals surface area contributed by atoms with E-state index in [-0.39, 0.29) is 49.1 Å². The van der Waals surface area contributed by atoms with Gasteiger partial charge in [-0.15, -0.1) is 5.10 Å². The molecule has 19 heteroatoms. The molecule has 0 bridgehead atoms. The third kappa shape index (κ3) is 6.92. The molecular formula is C35H28F7N7O5. The van der Waals surface area contributed by atoms with Crippen LogP contribution in [0.2, 0.25) is 0 Å². The molecule has 5 aromatic rings. The Kier molecular flexibility index (Phi) is 9.05. The molecule has 2 atom stereocenters. The van der Waals surface area contributed by atoms with Crippen molar-refractivity contribution in [1.29, 1.82) is 0 Å². The normalized spacial score (nSPS) is 17.9. The van der Waals surface area contributed by atoms with Crippen LogP contribution in [0.5, 0.6) is 5.88 Å². The molecule has 0 spiro atoms. The Morgan fingerprint density at radius 3 is 2.20 bits per heavy atom. The number of aromatic amines is 1. The first-order valence-electron chi connectivity index (χ1n) is 16.2. The molecule has 0 aliphatic carbocycles. The maximum Gasteiger partial charge on any atom is 0.434 e. The summed E-state index contributed by atoms with van der Waals surface area (Å²) >= 11 is 0. The van der Waals surface area contributed by atoms with Gasteiger partial charge < -0.3 is 18.8 Å². The number of amides is 1. The van der Waals surface area contributed by atoms with Crippen LogP contribution in [0.1, 0.15) is 41.0 Å². The molecule has 0 radical (unpaired) electrons. The summed E-state index contributed by atoms with van der Waals surface area (Å²) in [5.41, 5.74) is -0.0949. The van der Waals surface area contributed by atoms with E-state index in [1.165, 1.54) is 20.2 Å². The number of carbonyl (C=O) groups is 1. The number of hydrogen-bond donors (Lipinski definition) is 1. The summed E-state index contributed by atoms with van der Waals surface area (Å²) in [6, 6.07) is 6.94. The molecule has 0 saturated carbocycles. The van der Waals surface area contributed by atoms with Crippen molar-refractivity contribution in [1.82, 2.24) is 30.0 Å². The van der Waals surface area contributed by atoms with Gasteiger partial charge >= 0.3 is 24.2 Å². The number of cyclic esters (lactones) is 1. The number of aromatic nitrogens is 5. The van der Waals surface area contributed by atoms with Crippen LogP contribution < -0.4 is 15.4 Å². The highest BCUT2D eigenvalue weighted by atomic mass is 19.4. The lowest BCUT2D eigenvalue weighted by Gasteiger charge is -2.34. The number of aryl methyl sites for hydroxylation is 1. The van der Waals surface area contributed by atoms with Crippen molar-refractivity contribution < 1.29 is 49.4 Å². The quantitative estimate of drug-likeness (QED) is 0.162. The summed E-state index contributed by atoms with van der Waals surface area (Å²) in [4.78, 5) is 41.0. The summed E-state index contributed by atoms with van der Waals surface area (Å²) in [5, 5.41) is 6.06. The maximum atomic E-state index is 13.8. The van der Waals surface area contributed by atoms with Gasteiger partial charge in [0.2, 0.25) is 17.7 Å². The standard InChI is InChI=1S/C35H28F7N7O5/c1-16-6-18(29-46-47-32(50)54-29)4-5-24(16)20-9-25(30(52-3)43-11-20)26-12-44-31(48-13-23(36)14-48)45-27(26)15-49-17(2)28(53-33(49)51)19-7-21(34(37,38)39)10-22(8-19)35(40,41)42/h4-12,17,23,28H,13-15H2,1-3H3,(H,47,50). The Morgan fingerprint density at radius 1 is 0.907 bits per heavy atom. The largest absolute Gasteiger partial charge is 0.481 e. The molecule has 282 valence electrons. The average Bonchev–Trinajstić information content (AvgIpc) is 3.67. The number of H-pyrrole nitrogens is 1. The van der Waals surface area contributed by atoms with Gasteiger partial charge in [-0.3, -0.25) is 4.90 Å². The molecule has 2 fully saturated rings. The molecule has 2 aliphatic heterocycles. The van der Waals surface area contributed by atoms with Crippen LogP contribution in [0, 0.1) is 6.92 Å². The van der Waals surface area contributed by atoms with Crippen molar-refractivity contribution in [2.75, 3.05) is 25.1 Å². The summed E-state index contributed by atoms with van der Waals surface area (Å²) in [6.07, 6.45) is -10.9. The van der Waals surface area contributed by atoms with Crippen molar-refractivity contribution in [3.8, 4) is 39.6 Å². The first-order valence-corrected chi connectivity index (χ1v) is 16.2. The molecule has 2 aromatic carbocycles. The number of pyridine rings is 1. The molecule has 2 unspecified atom stereocenters. The van der Waals surface area contributed by atoms with Crippen molar-refractivity contribution >= 4 is 12.0 Å². The van der Waals surface area contributed by atoms with Gasteiger partial charge in [0.25, 0.3) is 0 Å². The van der Waals surface area contributed by atoms with Gasteiger partial charge in [0.1, 0.15) is 12.3 Å². The number of halogens is 7. The second kappa shape index (κ2) is 13.4. The molecule has 1 N–H and O–H groups in total. The predicted octanol–water partition coefficient (Wildman–Crippen LogP) is 7.14. The highest BCUT2D eigenvalue weighted by Crippen LogP contribution is 2.42. The van der Waals surface area contributed by atoms with E-state index in [2.05, 4.69) is 25.1 Å². The zero-order valence-electron chi connectivity index (χ0n) is 28.4. The third-order valence-electron chi connectivity index (χ3n) is 9.18. The van der Waals surface area contributed by atoms with Gasteiger partial charge in [-0.05, 0) is 66.9 Å². The van der Waals surface area contributed by atoms with E-state index in [9.17, 15) is 40.3 Å². The second-order valence-electron chi connectivity index (χ2n) is 12.8. The van der Waals surface area contributed by atoms with Crippen LogP contribution >= 0.6 is 0 Å². The lowest BCUT2D eigenvalue weighted by molar-refractivity contribution is -0.143. The van der Waals surface area contributed by atoms with Gasteiger partial charge in [0.05, 0.1) is 49.6 Å². The zero-order chi connectivity index (χ0) is 38.7. The third-order valence-corrected chi connectivity index (χ3v) is 9.18. The lowest BCUT2D eigenvalue weighted by atomic mass is 9.96. The molecule has 2 aliphatic rings. The smallest absolute Gasteiger partial charge is 0.434 e. The van der Waals surface area contributed by atoms with Crippen molar-refractivity contribution in [2.45, 2.75) is 51.1 Å². The minimum absolute atomic E-state index is 0.000980. The van der Waals surface area contributed by atoms with Gasteiger partial charge in [-0.25, -0.2) is 34.0 Å². The minimum Gasteiger partial charge on any atom is -0.481 e. The Labute approximate surface area is 300 Å². The fraction of sp³-hybridized carbons (Fsp3) is 0.314. The van der Waals surface area contributed by atoms with E-state index in [4.69, 9.17) is 13.9 Å². The van der Waals surface area contributed by atoms with Crippen LogP contribution in [0.25, 0.3) is 33.7 Å². The number of nitrogens with zero attached hydrogens (tertiary/aromatic N) is 6. The first-order chi connectivity index (χ1) is 25.5. The topological polar surface area (TPSA) is 140 Å². The summed E-state index contributed by atoms with van der Waals surface area (Å²) in [5.74, 6) is -0.351. The number of ether oxygens (including phenoxy) is 2. The Balaban J connectivity index is 1.27. The second-order valence-corrected chi connectivity index (χ2v) is 12.8. The van der Waals surface area contributed by atoms with E-state index in [0.717, 1.165) is 16.0 Å². The Morgan fingerprint density at radius 2 is 1.61 bits per heavy atom. The number of anilines is 1. The van der Waals surface area contributed by atoms with Gasteiger partial charge in [0.15, 0.2) is 0 Å². The van der Waals surface area contributed by atoms with Crippen LogP contribution in [0.3, 0.4) is 0 Å². The SMILES string of the molecule is COc1ncc(-c2ccc(-c3n[nH]c(=O)o3)cc2C)cc1-c1cnc(N2CC(F)C2)nc1CN1C(=O)OC(c2cc(C(F)(F)F)cc(C(F)(F)F)c2)C1C. The predicted molar refractivity (Wildman–Crippen MR) is 176 cm³/mol. The molecule has 54 heavy (non-hydrogen) atoms. The number of carbonyl (C=O) groups excluding carboxylic acids is 1. The first kappa shape index (κ1) is 36.4. The maximum absolute atomic E-state index is 13.8. The van der Waals surface area contributed by atoms with E-state index in [1.807, 2.05) is 6.92 Å². The monoisotopic (exact) mass is 759 g/mol. The highest BCUT2D eigenvalue weighted by Gasteiger charge is 2.44. The number of rotatable bonds is 8. The molecule has 2 saturated heterocycles. The number of hydrogen-bond acceptors (Lipinski definition) is 10. The van der Waals surface area contributed by atoms with Gasteiger partial charge in [0, 0.05) is 34.6 Å². The number of alkyl halides is 7. The minimum atomic E-state index is -5.11. The number of nitrogens with one attached hydrogen (secondary N) is 1. The van der Waals surface area contributed by atoms with E-state index < -0.39 is 59.2 Å². The van der Waals surface area contributed by atoms with Crippen LogP contribution in [0.15, 0.2) is 64.1 Å². The molecule has 5 heterocycles. The molecule has 12 nitrogen and oxygen atoms in total. The Hall–Kier alpha value is -6.01. The van der Waals surface area contributed by atoms with Crippen LogP contribution in [-0.4, -0.2) is 68.6 Å². The molecular weight excluding hydrogens is 731 g/mol. The summed E-state index contributed by atoms with van der Waals surface area (Å²) in [7, 11) is 1.38. The molecule has 3 aromatic heterocycles. The fourth-order valence-corrected chi connectivity index (χ4v) is 6.39. The summed E-state index contributed by atoms with van der Waals surface area (Å²) in [6.45, 7) is 2.93. The number of methoxy groups -OCH3 is 1. The fourth-order valence-electron chi connectivity index (χ4n) is 6.39. The number of benzene rings is 2. The van der Waals surface area contributed by atoms with Gasteiger partial charge in [-0.2, -0.15) is 26.3 Å². The van der Waals surface area contributed by atoms with E-state index in [1.54, 1.807) is 35.4 Å². The summed E-state index contributed by atoms with van der Waals surface area (Å²) < 4.78 is 112.